The second kappa shape index (κ2) is 3.44. The fourth-order valence-corrected chi connectivity index (χ4v) is 1.86. The Morgan fingerprint density at radius 1 is 1.50 bits per heavy atom. The molecule has 0 fully saturated rings. The monoisotopic (exact) mass is 235 g/mol. The zero-order valence-corrected chi connectivity index (χ0v) is 8.10. The highest BCUT2D eigenvalue weighted by Crippen LogP contribution is 2.28. The van der Waals surface area contributed by atoms with E-state index >= 15 is 0 Å². The SMILES string of the molecule is N#Cc1c(S(=O)(=O)Cl)ccc(F)c1O. The van der Waals surface area contributed by atoms with Crippen LogP contribution < -0.4 is 0 Å². The Bertz CT molecular complexity index is 520. The highest BCUT2D eigenvalue weighted by molar-refractivity contribution is 8.13. The van der Waals surface area contributed by atoms with Crippen molar-refractivity contribution in [3.8, 4) is 11.8 Å². The molecule has 1 aromatic carbocycles. The number of phenolic OH excluding ortho intramolecular Hbond substituents is 1. The van der Waals surface area contributed by atoms with Crippen molar-refractivity contribution < 1.29 is 17.9 Å². The first-order valence-electron chi connectivity index (χ1n) is 3.24. The zero-order valence-electron chi connectivity index (χ0n) is 6.53. The predicted octanol–water partition coefficient (Wildman–Crippen LogP) is 1.33. The predicted molar refractivity (Wildman–Crippen MR) is 45.8 cm³/mol. The summed E-state index contributed by atoms with van der Waals surface area (Å²) in [6.07, 6.45) is 0. The number of halogens is 2. The number of nitrogens with zero attached hydrogens (tertiary/aromatic N) is 1. The molecular weight excluding hydrogens is 233 g/mol. The van der Waals surface area contributed by atoms with Crippen LogP contribution in [0.3, 0.4) is 0 Å². The van der Waals surface area contributed by atoms with Gasteiger partial charge in [-0.3, -0.25) is 0 Å². The fraction of sp³-hybridized carbons (Fsp3) is 0. The van der Waals surface area contributed by atoms with E-state index in [1.54, 1.807) is 0 Å². The highest BCUT2D eigenvalue weighted by Gasteiger charge is 2.20. The van der Waals surface area contributed by atoms with Crippen molar-refractivity contribution in [2.45, 2.75) is 4.90 Å². The minimum absolute atomic E-state index is 0.611. The maximum absolute atomic E-state index is 12.7. The summed E-state index contributed by atoms with van der Waals surface area (Å²) in [5, 5.41) is 17.5. The first-order chi connectivity index (χ1) is 6.38. The van der Waals surface area contributed by atoms with E-state index in [0.717, 1.165) is 6.07 Å². The van der Waals surface area contributed by atoms with E-state index in [9.17, 15) is 12.8 Å². The molecule has 0 spiro atoms. The Kier molecular flexibility index (Phi) is 2.64. The molecule has 0 heterocycles. The van der Waals surface area contributed by atoms with E-state index in [2.05, 4.69) is 0 Å². The summed E-state index contributed by atoms with van der Waals surface area (Å²) in [6.45, 7) is 0. The second-order valence-corrected chi connectivity index (χ2v) is 4.85. The topological polar surface area (TPSA) is 78.2 Å². The summed E-state index contributed by atoms with van der Waals surface area (Å²) in [5.74, 6) is -2.10. The van der Waals surface area contributed by atoms with Crippen LogP contribution in [-0.4, -0.2) is 13.5 Å². The van der Waals surface area contributed by atoms with Crippen molar-refractivity contribution in [1.29, 1.82) is 5.26 Å². The molecule has 0 aromatic heterocycles. The van der Waals surface area contributed by atoms with Crippen molar-refractivity contribution in [3.05, 3.63) is 23.5 Å². The Morgan fingerprint density at radius 2 is 2.07 bits per heavy atom. The van der Waals surface area contributed by atoms with E-state index in [-0.39, 0.29) is 0 Å². The maximum atomic E-state index is 12.7. The Morgan fingerprint density at radius 3 is 2.50 bits per heavy atom. The Balaban J connectivity index is 3.66. The molecule has 0 amide bonds. The molecule has 1 aromatic rings. The zero-order chi connectivity index (χ0) is 10.9. The van der Waals surface area contributed by atoms with Gasteiger partial charge < -0.3 is 5.11 Å². The molecule has 14 heavy (non-hydrogen) atoms. The van der Waals surface area contributed by atoms with Crippen molar-refractivity contribution in [2.75, 3.05) is 0 Å². The molecule has 74 valence electrons. The summed E-state index contributed by atoms with van der Waals surface area (Å²) < 4.78 is 34.4. The normalized spacial score (nSPS) is 10.9. The lowest BCUT2D eigenvalue weighted by molar-refractivity contribution is 0.428. The van der Waals surface area contributed by atoms with Crippen LogP contribution >= 0.6 is 10.7 Å². The quantitative estimate of drug-likeness (QED) is 0.745. The van der Waals surface area contributed by atoms with Gasteiger partial charge in [0.1, 0.15) is 16.5 Å². The van der Waals surface area contributed by atoms with Gasteiger partial charge in [-0.05, 0) is 12.1 Å². The van der Waals surface area contributed by atoms with Gasteiger partial charge in [-0.1, -0.05) is 0 Å². The summed E-state index contributed by atoms with van der Waals surface area (Å²) in [6, 6.07) is 2.89. The van der Waals surface area contributed by atoms with Crippen LogP contribution in [0.5, 0.6) is 5.75 Å². The van der Waals surface area contributed by atoms with Gasteiger partial charge in [0.2, 0.25) is 0 Å². The van der Waals surface area contributed by atoms with E-state index in [1.807, 2.05) is 0 Å². The first kappa shape index (κ1) is 10.8. The fourth-order valence-electron chi connectivity index (χ4n) is 0.858. The average molecular weight is 236 g/mol. The summed E-state index contributed by atoms with van der Waals surface area (Å²) in [7, 11) is 0.793. The number of aromatic hydroxyl groups is 1. The number of nitriles is 1. The van der Waals surface area contributed by atoms with Gasteiger partial charge in [-0.2, -0.15) is 5.26 Å². The van der Waals surface area contributed by atoms with E-state index in [0.29, 0.717) is 6.07 Å². The van der Waals surface area contributed by atoms with Crippen LogP contribution in [0.4, 0.5) is 4.39 Å². The molecule has 0 radical (unpaired) electrons. The number of hydrogen-bond acceptors (Lipinski definition) is 4. The van der Waals surface area contributed by atoms with Crippen molar-refractivity contribution >= 4 is 19.7 Å². The standard InChI is InChI=1S/C7H3ClFNO3S/c8-14(12,13)6-2-1-5(9)7(11)4(6)3-10/h1-2,11H. The van der Waals surface area contributed by atoms with Crippen LogP contribution in [0.15, 0.2) is 17.0 Å². The molecule has 1 N–H and O–H groups in total. The van der Waals surface area contributed by atoms with Crippen molar-refractivity contribution in [1.82, 2.24) is 0 Å². The molecule has 0 aliphatic heterocycles. The number of benzene rings is 1. The van der Waals surface area contributed by atoms with Gasteiger partial charge in [0, 0.05) is 10.7 Å². The van der Waals surface area contributed by atoms with Crippen molar-refractivity contribution in [3.63, 3.8) is 0 Å². The summed E-state index contributed by atoms with van der Waals surface area (Å²) in [5.41, 5.74) is -0.694. The summed E-state index contributed by atoms with van der Waals surface area (Å²) >= 11 is 0. The van der Waals surface area contributed by atoms with E-state index in [1.165, 1.54) is 6.07 Å². The lowest BCUT2D eigenvalue weighted by Gasteiger charge is -2.02. The van der Waals surface area contributed by atoms with Gasteiger partial charge in [0.15, 0.2) is 11.6 Å². The Labute approximate surface area is 83.6 Å². The molecule has 0 unspecified atom stereocenters. The maximum Gasteiger partial charge on any atom is 0.262 e. The Hall–Kier alpha value is -1.32. The molecule has 0 bridgehead atoms. The van der Waals surface area contributed by atoms with Gasteiger partial charge in [0.25, 0.3) is 9.05 Å². The molecular formula is C7H3ClFNO3S. The lowest BCUT2D eigenvalue weighted by atomic mass is 10.2. The minimum Gasteiger partial charge on any atom is -0.504 e. The molecule has 0 saturated heterocycles. The molecule has 0 aliphatic rings. The molecule has 4 nitrogen and oxygen atoms in total. The first-order valence-corrected chi connectivity index (χ1v) is 5.55. The average Bonchev–Trinajstić information content (AvgIpc) is 2.07. The molecule has 1 rings (SSSR count). The number of phenols is 1. The van der Waals surface area contributed by atoms with Gasteiger partial charge in [-0.25, -0.2) is 12.8 Å². The third-order valence-electron chi connectivity index (χ3n) is 1.46. The third-order valence-corrected chi connectivity index (χ3v) is 2.83. The van der Waals surface area contributed by atoms with Crippen LogP contribution in [0.1, 0.15) is 5.56 Å². The number of rotatable bonds is 1. The van der Waals surface area contributed by atoms with Gasteiger partial charge in [-0.15, -0.1) is 0 Å². The molecule has 0 aliphatic carbocycles. The van der Waals surface area contributed by atoms with Crippen molar-refractivity contribution in [2.24, 2.45) is 0 Å². The molecule has 0 atom stereocenters. The van der Waals surface area contributed by atoms with Crippen LogP contribution in [-0.2, 0) is 9.05 Å². The second-order valence-electron chi connectivity index (χ2n) is 2.32. The van der Waals surface area contributed by atoms with Crippen LogP contribution in [0.2, 0.25) is 0 Å². The van der Waals surface area contributed by atoms with E-state index in [4.69, 9.17) is 21.1 Å². The minimum atomic E-state index is -4.16. The van der Waals surface area contributed by atoms with Gasteiger partial charge in [0.05, 0.1) is 0 Å². The third kappa shape index (κ3) is 1.78. The lowest BCUT2D eigenvalue weighted by Crippen LogP contribution is -1.96. The van der Waals surface area contributed by atoms with Gasteiger partial charge >= 0.3 is 0 Å². The highest BCUT2D eigenvalue weighted by atomic mass is 35.7. The smallest absolute Gasteiger partial charge is 0.262 e. The van der Waals surface area contributed by atoms with Crippen LogP contribution in [0, 0.1) is 17.1 Å². The molecule has 7 heteroatoms. The number of hydrogen-bond donors (Lipinski definition) is 1. The molecule has 0 saturated carbocycles. The summed E-state index contributed by atoms with van der Waals surface area (Å²) in [4.78, 5) is -0.611. The van der Waals surface area contributed by atoms with Crippen LogP contribution in [0.25, 0.3) is 0 Å². The largest absolute Gasteiger partial charge is 0.504 e. The van der Waals surface area contributed by atoms with E-state index < -0.39 is 31.1 Å².